The van der Waals surface area contributed by atoms with Gasteiger partial charge in [0.05, 0.1) is 11.7 Å². The minimum Gasteiger partial charge on any atom is -0.508 e. The summed E-state index contributed by atoms with van der Waals surface area (Å²) in [6.45, 7) is 2.27. The summed E-state index contributed by atoms with van der Waals surface area (Å²) in [5.74, 6) is 1.54. The standard InChI is InChI=1S/C21H28O3/c1-19-8-6-16-15-4-3-14(22)12-13(15)2-5-17(16)20(19)9-7-18(23)21(19,24)11-10-20/h3-4,12,16-18,22-24H,2,5-11H2,1H3/t16-,17-,18-,19+,20-,21+/m1/s1. The summed E-state index contributed by atoms with van der Waals surface area (Å²) in [4.78, 5) is 0. The molecule has 1 aromatic rings. The van der Waals surface area contributed by atoms with E-state index in [2.05, 4.69) is 13.0 Å². The van der Waals surface area contributed by atoms with Crippen LogP contribution in [0.5, 0.6) is 5.75 Å². The average molecular weight is 328 g/mol. The first-order valence-electron chi connectivity index (χ1n) is 9.64. The number of hydrogen-bond donors (Lipinski definition) is 3. The van der Waals surface area contributed by atoms with Crippen molar-refractivity contribution in [1.29, 1.82) is 0 Å². The lowest BCUT2D eigenvalue weighted by atomic mass is 9.42. The molecule has 6 atom stereocenters. The zero-order chi connectivity index (χ0) is 16.7. The van der Waals surface area contributed by atoms with E-state index in [1.807, 2.05) is 12.1 Å². The highest BCUT2D eigenvalue weighted by Crippen LogP contribution is 2.75. The van der Waals surface area contributed by atoms with Crippen molar-refractivity contribution < 1.29 is 15.3 Å². The molecular weight excluding hydrogens is 300 g/mol. The van der Waals surface area contributed by atoms with Crippen molar-refractivity contribution in [2.24, 2.45) is 16.7 Å². The van der Waals surface area contributed by atoms with Gasteiger partial charge in [0.25, 0.3) is 0 Å². The predicted octanol–water partition coefficient (Wildman–Crippen LogP) is 3.50. The number of aliphatic hydroxyl groups excluding tert-OH is 1. The Morgan fingerprint density at radius 2 is 1.88 bits per heavy atom. The minimum atomic E-state index is -0.883. The van der Waals surface area contributed by atoms with Crippen molar-refractivity contribution >= 4 is 0 Å². The maximum atomic E-state index is 11.4. The van der Waals surface area contributed by atoms with Gasteiger partial charge in [-0.2, -0.15) is 0 Å². The van der Waals surface area contributed by atoms with Crippen LogP contribution in [0.2, 0.25) is 0 Å². The van der Waals surface area contributed by atoms with E-state index in [-0.39, 0.29) is 10.8 Å². The Hall–Kier alpha value is -1.06. The Morgan fingerprint density at radius 3 is 2.71 bits per heavy atom. The Morgan fingerprint density at radius 1 is 1.04 bits per heavy atom. The molecule has 3 nitrogen and oxygen atoms in total. The van der Waals surface area contributed by atoms with Crippen molar-refractivity contribution in [3.63, 3.8) is 0 Å². The molecule has 0 unspecified atom stereocenters. The molecule has 4 aliphatic carbocycles. The molecule has 0 aliphatic heterocycles. The molecule has 0 amide bonds. The molecule has 4 aliphatic rings. The quantitative estimate of drug-likeness (QED) is 0.683. The van der Waals surface area contributed by atoms with Crippen molar-refractivity contribution in [3.8, 4) is 5.75 Å². The SMILES string of the molecule is C[C@]12CC[C@@H]3c4ccc(O)cc4CC[C@H]3[C@]13CC[C@@H](O)[C@@]2(O)CC3. The summed E-state index contributed by atoms with van der Waals surface area (Å²) in [6.07, 6.45) is 7.36. The van der Waals surface area contributed by atoms with Crippen LogP contribution in [0.15, 0.2) is 18.2 Å². The molecule has 1 aromatic carbocycles. The smallest absolute Gasteiger partial charge is 0.115 e. The number of phenols is 1. The van der Waals surface area contributed by atoms with Gasteiger partial charge >= 0.3 is 0 Å². The molecule has 0 radical (unpaired) electrons. The maximum absolute atomic E-state index is 11.4. The second-order valence-corrected chi connectivity index (χ2v) is 9.14. The van der Waals surface area contributed by atoms with Gasteiger partial charge in [-0.15, -0.1) is 0 Å². The van der Waals surface area contributed by atoms with E-state index in [4.69, 9.17) is 0 Å². The van der Waals surface area contributed by atoms with Crippen LogP contribution in [0.1, 0.15) is 68.9 Å². The van der Waals surface area contributed by atoms with Crippen molar-refractivity contribution in [3.05, 3.63) is 29.3 Å². The first-order valence-corrected chi connectivity index (χ1v) is 9.64. The number of hydrogen-bond acceptors (Lipinski definition) is 3. The van der Waals surface area contributed by atoms with Crippen molar-refractivity contribution in [2.45, 2.75) is 75.9 Å². The fourth-order valence-electron chi connectivity index (χ4n) is 7.57. The zero-order valence-corrected chi connectivity index (χ0v) is 14.5. The zero-order valence-electron chi connectivity index (χ0n) is 14.5. The molecule has 5 rings (SSSR count). The lowest BCUT2D eigenvalue weighted by Crippen LogP contribution is -2.64. The lowest BCUT2D eigenvalue weighted by molar-refractivity contribution is -0.224. The third-order valence-corrected chi connectivity index (χ3v) is 8.82. The first-order chi connectivity index (χ1) is 11.4. The van der Waals surface area contributed by atoms with Crippen LogP contribution < -0.4 is 0 Å². The van der Waals surface area contributed by atoms with Gasteiger partial charge in [0.15, 0.2) is 0 Å². The Balaban J connectivity index is 1.61. The van der Waals surface area contributed by atoms with Crippen LogP contribution in [-0.2, 0) is 6.42 Å². The highest BCUT2D eigenvalue weighted by molar-refractivity contribution is 5.41. The molecule has 130 valence electrons. The summed E-state index contributed by atoms with van der Waals surface area (Å²) < 4.78 is 0. The van der Waals surface area contributed by atoms with Gasteiger partial charge in [-0.25, -0.2) is 0 Å². The summed E-state index contributed by atoms with van der Waals surface area (Å²) >= 11 is 0. The highest BCUT2D eigenvalue weighted by Gasteiger charge is 2.73. The topological polar surface area (TPSA) is 60.7 Å². The van der Waals surface area contributed by atoms with Crippen LogP contribution in [0.25, 0.3) is 0 Å². The van der Waals surface area contributed by atoms with E-state index in [0.717, 1.165) is 51.4 Å². The van der Waals surface area contributed by atoms with Crippen LogP contribution in [0.3, 0.4) is 0 Å². The predicted molar refractivity (Wildman–Crippen MR) is 91.9 cm³/mol. The van der Waals surface area contributed by atoms with Crippen LogP contribution in [0.4, 0.5) is 0 Å². The first kappa shape index (κ1) is 15.2. The molecule has 24 heavy (non-hydrogen) atoms. The Kier molecular flexibility index (Phi) is 2.89. The normalized spacial score (nSPS) is 49.2. The monoisotopic (exact) mass is 328 g/mol. The fourth-order valence-corrected chi connectivity index (χ4v) is 7.57. The second kappa shape index (κ2) is 4.56. The van der Waals surface area contributed by atoms with Gasteiger partial charge < -0.3 is 15.3 Å². The van der Waals surface area contributed by atoms with Crippen LogP contribution in [0, 0.1) is 16.7 Å². The third-order valence-electron chi connectivity index (χ3n) is 8.82. The summed E-state index contributed by atoms with van der Waals surface area (Å²) in [7, 11) is 0. The van der Waals surface area contributed by atoms with Crippen molar-refractivity contribution in [2.75, 3.05) is 0 Å². The highest BCUT2D eigenvalue weighted by atomic mass is 16.3. The lowest BCUT2D eigenvalue weighted by Gasteiger charge is -2.64. The molecule has 3 fully saturated rings. The van der Waals surface area contributed by atoms with E-state index < -0.39 is 11.7 Å². The van der Waals surface area contributed by atoms with Gasteiger partial charge in [-0.05, 0) is 91.9 Å². The van der Waals surface area contributed by atoms with Crippen molar-refractivity contribution in [1.82, 2.24) is 0 Å². The molecule has 3 N–H and O–H groups in total. The molecule has 0 spiro atoms. The van der Waals surface area contributed by atoms with Gasteiger partial charge in [-0.1, -0.05) is 13.0 Å². The van der Waals surface area contributed by atoms with Crippen LogP contribution in [-0.4, -0.2) is 27.0 Å². The molecule has 0 saturated heterocycles. The number of rotatable bonds is 0. The Labute approximate surface area is 143 Å². The van der Waals surface area contributed by atoms with Gasteiger partial charge in [0.1, 0.15) is 5.75 Å². The number of aromatic hydroxyl groups is 1. The van der Waals surface area contributed by atoms with E-state index in [0.29, 0.717) is 17.6 Å². The number of phenolic OH excluding ortho intramolecular Hbond substituents is 1. The fraction of sp³-hybridized carbons (Fsp3) is 0.714. The van der Waals surface area contributed by atoms with Gasteiger partial charge in [-0.3, -0.25) is 0 Å². The molecule has 3 heteroatoms. The average Bonchev–Trinajstić information content (AvgIpc) is 2.72. The van der Waals surface area contributed by atoms with E-state index >= 15 is 0 Å². The molecule has 0 heterocycles. The molecular formula is C21H28O3. The Bertz CT molecular complexity index is 696. The van der Waals surface area contributed by atoms with Gasteiger partial charge in [0.2, 0.25) is 0 Å². The largest absolute Gasteiger partial charge is 0.508 e. The van der Waals surface area contributed by atoms with E-state index in [1.54, 1.807) is 0 Å². The summed E-state index contributed by atoms with van der Waals surface area (Å²) in [5, 5.41) is 31.8. The molecule has 3 saturated carbocycles. The number of aliphatic hydroxyl groups is 2. The minimum absolute atomic E-state index is 0.146. The molecule has 2 bridgehead atoms. The number of benzene rings is 1. The number of fused-ring (bicyclic) bond motifs is 3. The summed E-state index contributed by atoms with van der Waals surface area (Å²) in [5.41, 5.74) is 1.90. The maximum Gasteiger partial charge on any atom is 0.115 e. The second-order valence-electron chi connectivity index (χ2n) is 9.14. The van der Waals surface area contributed by atoms with E-state index in [9.17, 15) is 15.3 Å². The van der Waals surface area contributed by atoms with Crippen LogP contribution >= 0.6 is 0 Å². The number of aryl methyl sites for hydroxylation is 1. The third kappa shape index (κ3) is 1.52. The summed E-state index contributed by atoms with van der Waals surface area (Å²) in [6, 6.07) is 5.93. The van der Waals surface area contributed by atoms with Gasteiger partial charge in [0, 0.05) is 5.41 Å². The molecule has 0 aromatic heterocycles. The van der Waals surface area contributed by atoms with E-state index in [1.165, 1.54) is 11.1 Å².